The van der Waals surface area contributed by atoms with E-state index in [2.05, 4.69) is 15.1 Å². The summed E-state index contributed by atoms with van der Waals surface area (Å²) in [6.45, 7) is 1.66. The SMILES string of the molecule is Cc1noc(-c2csc(C(=O)c3cn(P(=O)([O-])[O-])c4ccccc34)n2)n1.[Na+].[Na+]. The summed E-state index contributed by atoms with van der Waals surface area (Å²) >= 11 is 1.06. The first kappa shape index (κ1) is 23.6. The molecular weight excluding hydrogens is 425 g/mol. The Morgan fingerprint density at radius 2 is 1.93 bits per heavy atom. The Kier molecular flexibility index (Phi) is 7.60. The van der Waals surface area contributed by atoms with Crippen LogP contribution < -0.4 is 68.9 Å². The van der Waals surface area contributed by atoms with Crippen molar-refractivity contribution in [1.29, 1.82) is 0 Å². The van der Waals surface area contributed by atoms with Crippen molar-refractivity contribution in [1.82, 2.24) is 19.5 Å². The van der Waals surface area contributed by atoms with Gasteiger partial charge in [-0.1, -0.05) is 23.4 Å². The number of carbonyl (C=O) groups excluding carboxylic acids is 1. The fraction of sp³-hybridized carbons (Fsp3) is 0.0667. The Hall–Kier alpha value is -0.650. The van der Waals surface area contributed by atoms with Gasteiger partial charge in [-0.15, -0.1) is 11.3 Å². The van der Waals surface area contributed by atoms with E-state index in [0.717, 1.165) is 17.5 Å². The number of nitrogens with zero attached hydrogens (tertiary/aromatic N) is 4. The second-order valence-electron chi connectivity index (χ2n) is 5.39. The standard InChI is InChI=1S/C15H11N4O5PS.2Na/c1-8-16-14(24-18-8)11-7-26-15(17-11)13(20)10-6-19(25(21,22)23)12-5-3-2-4-9(10)12;;/h2-7H,1H3,(H2,21,22,23);;/q;2*+1/p-2. The van der Waals surface area contributed by atoms with Crippen molar-refractivity contribution in [2.45, 2.75) is 6.92 Å². The van der Waals surface area contributed by atoms with E-state index in [1.54, 1.807) is 30.5 Å². The third-order valence-corrected chi connectivity index (χ3v) is 5.35. The van der Waals surface area contributed by atoms with Gasteiger partial charge in [-0.2, -0.15) is 4.98 Å². The molecule has 4 aromatic rings. The van der Waals surface area contributed by atoms with Crippen LogP contribution in [0.25, 0.3) is 22.5 Å². The fourth-order valence-electron chi connectivity index (χ4n) is 2.54. The van der Waals surface area contributed by atoms with E-state index in [1.165, 1.54) is 6.07 Å². The Labute approximate surface area is 207 Å². The summed E-state index contributed by atoms with van der Waals surface area (Å²) in [6, 6.07) is 6.27. The van der Waals surface area contributed by atoms with Crippen LogP contribution in [-0.4, -0.2) is 25.2 Å². The largest absolute Gasteiger partial charge is 1.00 e. The molecule has 3 aromatic heterocycles. The molecule has 0 aliphatic carbocycles. The van der Waals surface area contributed by atoms with Gasteiger partial charge in [0.15, 0.2) is 10.8 Å². The minimum absolute atomic E-state index is 0. The molecule has 1 aromatic carbocycles. The number of aromatic nitrogens is 4. The van der Waals surface area contributed by atoms with E-state index in [-0.39, 0.29) is 81.1 Å². The van der Waals surface area contributed by atoms with Gasteiger partial charge in [0.25, 0.3) is 5.89 Å². The molecule has 0 saturated carbocycles. The molecule has 0 spiro atoms. The average Bonchev–Trinajstić information content (AvgIpc) is 3.31. The van der Waals surface area contributed by atoms with Crippen molar-refractivity contribution in [3.8, 4) is 11.6 Å². The van der Waals surface area contributed by atoms with Crippen LogP contribution in [0.2, 0.25) is 0 Å². The zero-order valence-electron chi connectivity index (χ0n) is 15.1. The molecule has 0 unspecified atom stereocenters. The number of rotatable bonds is 4. The molecule has 0 N–H and O–H groups in total. The fourth-order valence-corrected chi connectivity index (χ4v) is 3.98. The zero-order valence-corrected chi connectivity index (χ0v) is 20.9. The van der Waals surface area contributed by atoms with E-state index >= 15 is 0 Å². The molecule has 0 atom stereocenters. The van der Waals surface area contributed by atoms with Crippen molar-refractivity contribution >= 4 is 35.8 Å². The summed E-state index contributed by atoms with van der Waals surface area (Å²) in [5, 5.41) is 5.73. The first-order chi connectivity index (χ1) is 12.3. The second kappa shape index (κ2) is 9.01. The number of benzene rings is 1. The minimum Gasteiger partial charge on any atom is -0.795 e. The number of hydrogen-bond donors (Lipinski definition) is 0. The Balaban J connectivity index is 0.00000140. The molecule has 0 aliphatic rings. The Bertz CT molecular complexity index is 1200. The molecule has 132 valence electrons. The van der Waals surface area contributed by atoms with Crippen molar-refractivity contribution in [2.75, 3.05) is 0 Å². The summed E-state index contributed by atoms with van der Waals surface area (Å²) in [5.41, 5.74) is 0.574. The maximum atomic E-state index is 12.8. The van der Waals surface area contributed by atoms with E-state index in [9.17, 15) is 19.1 Å². The van der Waals surface area contributed by atoms with Gasteiger partial charge in [0.1, 0.15) is 5.69 Å². The number of carbonyl (C=O) groups is 1. The molecule has 0 aliphatic heterocycles. The number of ketones is 1. The Morgan fingerprint density at radius 3 is 2.57 bits per heavy atom. The number of hydrogen-bond acceptors (Lipinski definition) is 9. The third-order valence-electron chi connectivity index (χ3n) is 3.65. The zero-order chi connectivity index (χ0) is 18.5. The van der Waals surface area contributed by atoms with Crippen LogP contribution >= 0.6 is 19.1 Å². The molecule has 9 nitrogen and oxygen atoms in total. The minimum atomic E-state index is -5.10. The second-order valence-corrected chi connectivity index (χ2v) is 7.61. The number of thiazole rings is 1. The predicted molar refractivity (Wildman–Crippen MR) is 88.5 cm³/mol. The summed E-state index contributed by atoms with van der Waals surface area (Å²) in [5.74, 6) is 0.121. The Morgan fingerprint density at radius 1 is 1.21 bits per heavy atom. The van der Waals surface area contributed by atoms with E-state index in [1.807, 2.05) is 0 Å². The van der Waals surface area contributed by atoms with Crippen LogP contribution in [0.3, 0.4) is 0 Å². The summed E-state index contributed by atoms with van der Waals surface area (Å²) in [6.07, 6.45) is 1.03. The first-order valence-corrected chi connectivity index (χ1v) is 9.66. The number of fused-ring (bicyclic) bond motifs is 1. The first-order valence-electron chi connectivity index (χ1n) is 7.28. The van der Waals surface area contributed by atoms with Crippen molar-refractivity contribution in [3.05, 3.63) is 52.2 Å². The van der Waals surface area contributed by atoms with Gasteiger partial charge in [0, 0.05) is 24.7 Å². The maximum Gasteiger partial charge on any atom is 1.00 e. The van der Waals surface area contributed by atoms with Crippen molar-refractivity contribution in [3.63, 3.8) is 0 Å². The molecule has 13 heteroatoms. The van der Waals surface area contributed by atoms with Gasteiger partial charge in [-0.25, -0.2) is 4.98 Å². The van der Waals surface area contributed by atoms with Gasteiger partial charge in [-0.3, -0.25) is 4.79 Å². The number of aryl methyl sites for hydroxylation is 1. The van der Waals surface area contributed by atoms with Crippen LogP contribution in [0.1, 0.15) is 21.2 Å². The van der Waals surface area contributed by atoms with Gasteiger partial charge < -0.3 is 23.2 Å². The number of para-hydroxylation sites is 1. The predicted octanol–water partition coefficient (Wildman–Crippen LogP) is -4.63. The van der Waals surface area contributed by atoms with Gasteiger partial charge >= 0.3 is 59.1 Å². The third kappa shape index (κ3) is 4.41. The topological polar surface area (TPSA) is 137 Å². The van der Waals surface area contributed by atoms with Crippen molar-refractivity contribution in [2.24, 2.45) is 0 Å². The van der Waals surface area contributed by atoms with Gasteiger partial charge in [0.05, 0.1) is 11.1 Å². The quantitative estimate of drug-likeness (QED) is 0.178. The molecule has 4 rings (SSSR count). The van der Waals surface area contributed by atoms with E-state index in [4.69, 9.17) is 4.52 Å². The summed E-state index contributed by atoms with van der Waals surface area (Å²) in [4.78, 5) is 44.0. The maximum absolute atomic E-state index is 12.8. The van der Waals surface area contributed by atoms with E-state index < -0.39 is 13.5 Å². The van der Waals surface area contributed by atoms with Gasteiger partial charge in [0.2, 0.25) is 5.78 Å². The molecule has 0 amide bonds. The van der Waals surface area contributed by atoms with E-state index in [0.29, 0.717) is 21.2 Å². The average molecular weight is 434 g/mol. The van der Waals surface area contributed by atoms with Crippen LogP contribution in [0, 0.1) is 6.92 Å². The smallest absolute Gasteiger partial charge is 0.795 e. The molecule has 0 fully saturated rings. The molecular formula is C15H9N4Na2O5PS. The molecule has 0 radical (unpaired) electrons. The van der Waals surface area contributed by atoms with Crippen LogP contribution in [-0.2, 0) is 4.57 Å². The van der Waals surface area contributed by atoms with Crippen LogP contribution in [0.4, 0.5) is 0 Å². The van der Waals surface area contributed by atoms with Crippen LogP contribution in [0.5, 0.6) is 0 Å². The molecule has 0 bridgehead atoms. The summed E-state index contributed by atoms with van der Waals surface area (Å²) in [7, 11) is -5.10. The monoisotopic (exact) mass is 434 g/mol. The summed E-state index contributed by atoms with van der Waals surface area (Å²) < 4.78 is 17.1. The molecule has 28 heavy (non-hydrogen) atoms. The van der Waals surface area contributed by atoms with Crippen molar-refractivity contribution < 1.29 is 82.8 Å². The van der Waals surface area contributed by atoms with Crippen LogP contribution in [0.15, 0.2) is 40.4 Å². The normalized spacial score (nSPS) is 11.1. The molecule has 3 heterocycles. The van der Waals surface area contributed by atoms with Gasteiger partial charge in [-0.05, 0) is 13.0 Å². The molecule has 0 saturated heterocycles.